The molecular formula is C19H16FN3O2S. The first-order chi connectivity index (χ1) is 12.6. The van der Waals surface area contributed by atoms with E-state index in [9.17, 15) is 14.0 Å². The highest BCUT2D eigenvalue weighted by Gasteiger charge is 2.11. The third-order valence-corrected chi connectivity index (χ3v) is 4.39. The molecule has 26 heavy (non-hydrogen) atoms. The molecule has 132 valence electrons. The smallest absolute Gasteiger partial charge is 0.267 e. The standard InChI is InChI=1S/C19H16FN3O2S/c1-26-14-6-4-5-13(11-14)21-18(24)12-23-19(25)10-9-17(22-23)15-7-2-3-8-16(15)20/h2-11H,12H2,1H3,(H,21,24). The van der Waals surface area contributed by atoms with Gasteiger partial charge < -0.3 is 5.32 Å². The normalized spacial score (nSPS) is 10.5. The molecule has 1 N–H and O–H groups in total. The third-order valence-electron chi connectivity index (χ3n) is 3.66. The summed E-state index contributed by atoms with van der Waals surface area (Å²) in [6.07, 6.45) is 1.94. The number of anilines is 1. The zero-order valence-corrected chi connectivity index (χ0v) is 14.8. The molecule has 0 saturated heterocycles. The van der Waals surface area contributed by atoms with Crippen LogP contribution < -0.4 is 10.9 Å². The van der Waals surface area contributed by atoms with E-state index < -0.39 is 11.4 Å². The van der Waals surface area contributed by atoms with Crippen LogP contribution in [0.1, 0.15) is 0 Å². The molecule has 2 aromatic carbocycles. The molecule has 1 amide bonds. The molecule has 5 nitrogen and oxygen atoms in total. The van der Waals surface area contributed by atoms with Crippen molar-refractivity contribution in [1.82, 2.24) is 9.78 Å². The summed E-state index contributed by atoms with van der Waals surface area (Å²) in [5.74, 6) is -0.827. The first-order valence-corrected chi connectivity index (χ1v) is 9.06. The Hall–Kier alpha value is -2.93. The number of benzene rings is 2. The minimum atomic E-state index is -0.441. The summed E-state index contributed by atoms with van der Waals surface area (Å²) in [6, 6.07) is 16.2. The minimum absolute atomic E-state index is 0.259. The maximum absolute atomic E-state index is 13.9. The van der Waals surface area contributed by atoms with Gasteiger partial charge in [-0.3, -0.25) is 9.59 Å². The fraction of sp³-hybridized carbons (Fsp3) is 0.105. The number of amides is 1. The lowest BCUT2D eigenvalue weighted by Gasteiger charge is -2.09. The van der Waals surface area contributed by atoms with Gasteiger partial charge in [0.15, 0.2) is 0 Å². The highest BCUT2D eigenvalue weighted by molar-refractivity contribution is 7.98. The summed E-state index contributed by atoms with van der Waals surface area (Å²) in [5.41, 5.74) is 0.771. The highest BCUT2D eigenvalue weighted by atomic mass is 32.2. The van der Waals surface area contributed by atoms with Crippen molar-refractivity contribution in [3.63, 3.8) is 0 Å². The summed E-state index contributed by atoms with van der Waals surface area (Å²) in [5, 5.41) is 6.85. The van der Waals surface area contributed by atoms with Crippen LogP contribution in [0, 0.1) is 5.82 Å². The number of hydrogen-bond donors (Lipinski definition) is 1. The Kier molecular flexibility index (Phi) is 5.48. The van der Waals surface area contributed by atoms with Crippen LogP contribution in [0.2, 0.25) is 0 Å². The summed E-state index contributed by atoms with van der Waals surface area (Å²) in [7, 11) is 0. The van der Waals surface area contributed by atoms with Crippen molar-refractivity contribution in [2.24, 2.45) is 0 Å². The van der Waals surface area contributed by atoms with E-state index in [0.717, 1.165) is 9.58 Å². The molecule has 0 saturated carbocycles. The van der Waals surface area contributed by atoms with E-state index in [1.165, 1.54) is 18.2 Å². The number of nitrogens with zero attached hydrogens (tertiary/aromatic N) is 2. The fourth-order valence-corrected chi connectivity index (χ4v) is 2.87. The average molecular weight is 369 g/mol. The molecule has 0 bridgehead atoms. The Labute approximate surface area is 153 Å². The summed E-state index contributed by atoms with van der Waals surface area (Å²) < 4.78 is 14.9. The molecule has 1 aromatic heterocycles. The van der Waals surface area contributed by atoms with Crippen LogP contribution in [0.15, 0.2) is 70.4 Å². The van der Waals surface area contributed by atoms with Gasteiger partial charge in [0.25, 0.3) is 5.56 Å². The van der Waals surface area contributed by atoms with Crippen molar-refractivity contribution < 1.29 is 9.18 Å². The van der Waals surface area contributed by atoms with Gasteiger partial charge >= 0.3 is 0 Å². The quantitative estimate of drug-likeness (QED) is 0.700. The van der Waals surface area contributed by atoms with E-state index in [4.69, 9.17) is 0 Å². The zero-order valence-electron chi connectivity index (χ0n) is 14.0. The van der Waals surface area contributed by atoms with Gasteiger partial charge in [-0.05, 0) is 42.7 Å². The van der Waals surface area contributed by atoms with Gasteiger partial charge in [-0.2, -0.15) is 5.10 Å². The first kappa shape index (κ1) is 17.9. The largest absolute Gasteiger partial charge is 0.324 e. The lowest BCUT2D eigenvalue weighted by molar-refractivity contribution is -0.117. The predicted octanol–water partition coefficient (Wildman–Crippen LogP) is 3.41. The van der Waals surface area contributed by atoms with Crippen molar-refractivity contribution >= 4 is 23.4 Å². The van der Waals surface area contributed by atoms with Gasteiger partial charge in [-0.1, -0.05) is 18.2 Å². The van der Waals surface area contributed by atoms with Crippen LogP contribution in [0.5, 0.6) is 0 Å². The van der Waals surface area contributed by atoms with E-state index in [2.05, 4.69) is 10.4 Å². The zero-order chi connectivity index (χ0) is 18.5. The maximum Gasteiger partial charge on any atom is 0.267 e. The number of thioether (sulfide) groups is 1. The average Bonchev–Trinajstić information content (AvgIpc) is 2.64. The van der Waals surface area contributed by atoms with Crippen molar-refractivity contribution in [3.8, 4) is 11.3 Å². The molecule has 3 rings (SSSR count). The van der Waals surface area contributed by atoms with Crippen LogP contribution in [0.4, 0.5) is 10.1 Å². The third kappa shape index (κ3) is 4.18. The van der Waals surface area contributed by atoms with Gasteiger partial charge in [-0.15, -0.1) is 11.8 Å². The van der Waals surface area contributed by atoms with E-state index >= 15 is 0 Å². The second-order valence-electron chi connectivity index (χ2n) is 5.47. The number of carbonyl (C=O) groups excluding carboxylic acids is 1. The molecule has 0 aliphatic heterocycles. The fourth-order valence-electron chi connectivity index (χ4n) is 2.41. The summed E-state index contributed by atoms with van der Waals surface area (Å²) >= 11 is 1.56. The predicted molar refractivity (Wildman–Crippen MR) is 101 cm³/mol. The molecule has 7 heteroatoms. The SMILES string of the molecule is CSc1cccc(NC(=O)Cn2nc(-c3ccccc3F)ccc2=O)c1. The van der Waals surface area contributed by atoms with Crippen LogP contribution in [-0.2, 0) is 11.3 Å². The molecule has 1 heterocycles. The molecular weight excluding hydrogens is 353 g/mol. The first-order valence-electron chi connectivity index (χ1n) is 7.84. The molecule has 0 spiro atoms. The highest BCUT2D eigenvalue weighted by Crippen LogP contribution is 2.20. The second-order valence-corrected chi connectivity index (χ2v) is 6.35. The van der Waals surface area contributed by atoms with Gasteiger partial charge in [0, 0.05) is 22.2 Å². The summed E-state index contributed by atoms with van der Waals surface area (Å²) in [6.45, 7) is -0.259. The molecule has 0 radical (unpaired) electrons. The molecule has 0 aliphatic rings. The van der Waals surface area contributed by atoms with Crippen molar-refractivity contribution in [2.45, 2.75) is 11.4 Å². The van der Waals surface area contributed by atoms with E-state index in [1.54, 1.807) is 36.0 Å². The molecule has 0 fully saturated rings. The number of hydrogen-bond acceptors (Lipinski definition) is 4. The Morgan fingerprint density at radius 1 is 1.15 bits per heavy atom. The second kappa shape index (κ2) is 7.97. The van der Waals surface area contributed by atoms with Gasteiger partial charge in [0.2, 0.25) is 5.91 Å². The van der Waals surface area contributed by atoms with Crippen LogP contribution in [-0.4, -0.2) is 21.9 Å². The van der Waals surface area contributed by atoms with E-state index in [-0.39, 0.29) is 18.0 Å². The van der Waals surface area contributed by atoms with Crippen molar-refractivity contribution in [3.05, 3.63) is 76.8 Å². The van der Waals surface area contributed by atoms with Crippen LogP contribution in [0.3, 0.4) is 0 Å². The number of halogens is 1. The van der Waals surface area contributed by atoms with Crippen LogP contribution in [0.25, 0.3) is 11.3 Å². The van der Waals surface area contributed by atoms with Crippen molar-refractivity contribution in [2.75, 3.05) is 11.6 Å². The molecule has 0 unspecified atom stereocenters. The van der Waals surface area contributed by atoms with Crippen molar-refractivity contribution in [1.29, 1.82) is 0 Å². The lowest BCUT2D eigenvalue weighted by atomic mass is 10.1. The monoisotopic (exact) mass is 369 g/mol. The Morgan fingerprint density at radius 3 is 2.73 bits per heavy atom. The maximum atomic E-state index is 13.9. The Bertz CT molecular complexity index is 1000. The molecule has 3 aromatic rings. The number of aromatic nitrogens is 2. The molecule has 0 aliphatic carbocycles. The minimum Gasteiger partial charge on any atom is -0.324 e. The van der Waals surface area contributed by atoms with Gasteiger partial charge in [0.05, 0.1) is 5.69 Å². The Morgan fingerprint density at radius 2 is 1.96 bits per heavy atom. The van der Waals surface area contributed by atoms with E-state index in [0.29, 0.717) is 11.4 Å². The Balaban J connectivity index is 1.81. The number of nitrogens with one attached hydrogen (secondary N) is 1. The molecule has 0 atom stereocenters. The topological polar surface area (TPSA) is 64.0 Å². The number of rotatable bonds is 5. The lowest BCUT2D eigenvalue weighted by Crippen LogP contribution is -2.29. The van der Waals surface area contributed by atoms with E-state index in [1.807, 2.05) is 24.5 Å². The van der Waals surface area contributed by atoms with Gasteiger partial charge in [-0.25, -0.2) is 9.07 Å². The number of carbonyl (C=O) groups is 1. The van der Waals surface area contributed by atoms with Crippen LogP contribution >= 0.6 is 11.8 Å². The van der Waals surface area contributed by atoms with Gasteiger partial charge in [0.1, 0.15) is 12.4 Å². The summed E-state index contributed by atoms with van der Waals surface area (Å²) in [4.78, 5) is 25.3.